The Bertz CT molecular complexity index is 1250. The highest BCUT2D eigenvalue weighted by Gasteiger charge is 2.38. The Hall–Kier alpha value is -3.03. The Labute approximate surface area is 195 Å². The fraction of sp³-hybridized carbons (Fsp3) is 0.261. The van der Waals surface area contributed by atoms with Crippen molar-refractivity contribution in [2.45, 2.75) is 25.3 Å². The molecule has 32 heavy (non-hydrogen) atoms. The average molecular weight is 471 g/mol. The highest BCUT2D eigenvalue weighted by Crippen LogP contribution is 2.44. The van der Waals surface area contributed by atoms with Gasteiger partial charge in [-0.2, -0.15) is 4.98 Å². The van der Waals surface area contributed by atoms with Gasteiger partial charge in [0.05, 0.1) is 24.3 Å². The molecule has 1 aliphatic heterocycles. The number of halogens is 2. The molecule has 2 heterocycles. The van der Waals surface area contributed by atoms with Crippen LogP contribution in [0.15, 0.2) is 47.7 Å². The Morgan fingerprint density at radius 1 is 1.09 bits per heavy atom. The van der Waals surface area contributed by atoms with Crippen molar-refractivity contribution in [3.63, 3.8) is 0 Å². The summed E-state index contributed by atoms with van der Waals surface area (Å²) < 4.78 is 12.5. The van der Waals surface area contributed by atoms with Gasteiger partial charge in [-0.05, 0) is 31.0 Å². The van der Waals surface area contributed by atoms with E-state index in [1.54, 1.807) is 31.0 Å². The maximum Gasteiger partial charge on any atom is 0.226 e. The van der Waals surface area contributed by atoms with Crippen molar-refractivity contribution < 1.29 is 14.3 Å². The van der Waals surface area contributed by atoms with Gasteiger partial charge in [0.2, 0.25) is 5.95 Å². The lowest BCUT2D eigenvalue weighted by Gasteiger charge is -2.32. The summed E-state index contributed by atoms with van der Waals surface area (Å²) in [6.07, 6.45) is 2.03. The number of methoxy groups -OCH3 is 2. The minimum absolute atomic E-state index is 0.0746. The minimum atomic E-state index is -0.519. The summed E-state index contributed by atoms with van der Waals surface area (Å²) in [6.45, 7) is 0. The molecule has 1 aliphatic carbocycles. The van der Waals surface area contributed by atoms with Gasteiger partial charge < -0.3 is 14.8 Å². The molecule has 0 bridgehead atoms. The van der Waals surface area contributed by atoms with Crippen molar-refractivity contribution in [1.29, 1.82) is 0 Å². The van der Waals surface area contributed by atoms with Crippen LogP contribution in [0.1, 0.15) is 30.9 Å². The number of benzene rings is 2. The SMILES string of the molecule is COc1cc(OC)cc(-c2nc3n(n2)C(c2cccc(Cl)c2Cl)C2=C(CCCC2=O)N3)c1. The Kier molecular flexibility index (Phi) is 5.31. The predicted molar refractivity (Wildman–Crippen MR) is 123 cm³/mol. The van der Waals surface area contributed by atoms with E-state index in [4.69, 9.17) is 42.8 Å². The summed E-state index contributed by atoms with van der Waals surface area (Å²) >= 11 is 12.9. The molecule has 5 rings (SSSR count). The average Bonchev–Trinajstić information content (AvgIpc) is 3.23. The highest BCUT2D eigenvalue weighted by molar-refractivity contribution is 6.42. The van der Waals surface area contributed by atoms with E-state index in [0.29, 0.717) is 50.9 Å². The van der Waals surface area contributed by atoms with Crippen LogP contribution in [0.25, 0.3) is 11.4 Å². The first-order valence-corrected chi connectivity index (χ1v) is 10.9. The van der Waals surface area contributed by atoms with Crippen molar-refractivity contribution in [3.8, 4) is 22.9 Å². The molecule has 1 aromatic heterocycles. The van der Waals surface area contributed by atoms with Crippen LogP contribution in [0.3, 0.4) is 0 Å². The van der Waals surface area contributed by atoms with Crippen LogP contribution in [-0.4, -0.2) is 34.8 Å². The number of ether oxygens (including phenoxy) is 2. The number of hydrogen-bond acceptors (Lipinski definition) is 6. The van der Waals surface area contributed by atoms with E-state index < -0.39 is 6.04 Å². The fourth-order valence-electron chi connectivity index (χ4n) is 4.23. The number of ketones is 1. The molecular formula is C23H20Cl2N4O3. The predicted octanol–water partition coefficient (Wildman–Crippen LogP) is 5.29. The molecule has 0 fully saturated rings. The molecule has 0 saturated heterocycles. The molecule has 2 aromatic carbocycles. The number of aromatic nitrogens is 3. The van der Waals surface area contributed by atoms with Gasteiger partial charge in [-0.3, -0.25) is 4.79 Å². The second kappa shape index (κ2) is 8.15. The lowest BCUT2D eigenvalue weighted by atomic mass is 9.85. The summed E-state index contributed by atoms with van der Waals surface area (Å²) in [4.78, 5) is 17.7. The quantitative estimate of drug-likeness (QED) is 0.557. The molecular weight excluding hydrogens is 451 g/mol. The number of nitrogens with one attached hydrogen (secondary N) is 1. The molecule has 2 aliphatic rings. The molecule has 164 valence electrons. The third-order valence-electron chi connectivity index (χ3n) is 5.75. The van der Waals surface area contributed by atoms with Gasteiger partial charge in [-0.25, -0.2) is 4.68 Å². The second-order valence-corrected chi connectivity index (χ2v) is 8.43. The van der Waals surface area contributed by atoms with E-state index >= 15 is 0 Å². The smallest absolute Gasteiger partial charge is 0.226 e. The van der Waals surface area contributed by atoms with Crippen molar-refractivity contribution in [2.24, 2.45) is 0 Å². The maximum absolute atomic E-state index is 13.0. The fourth-order valence-corrected chi connectivity index (χ4v) is 4.65. The maximum atomic E-state index is 13.0. The van der Waals surface area contributed by atoms with Crippen molar-refractivity contribution in [1.82, 2.24) is 14.8 Å². The van der Waals surface area contributed by atoms with E-state index in [1.807, 2.05) is 24.3 Å². The first-order chi connectivity index (χ1) is 15.5. The van der Waals surface area contributed by atoms with Gasteiger partial charge in [0.15, 0.2) is 11.6 Å². The van der Waals surface area contributed by atoms with Crippen LogP contribution in [0, 0.1) is 0 Å². The largest absolute Gasteiger partial charge is 0.497 e. The van der Waals surface area contributed by atoms with Gasteiger partial charge in [-0.1, -0.05) is 35.3 Å². The Morgan fingerprint density at radius 2 is 1.84 bits per heavy atom. The Balaban J connectivity index is 1.70. The topological polar surface area (TPSA) is 78.3 Å². The van der Waals surface area contributed by atoms with Gasteiger partial charge in [0, 0.05) is 34.9 Å². The molecule has 7 nitrogen and oxygen atoms in total. The first kappa shape index (κ1) is 20.8. The molecule has 1 atom stereocenters. The van der Waals surface area contributed by atoms with Gasteiger partial charge in [0.25, 0.3) is 0 Å². The molecule has 0 saturated carbocycles. The molecule has 0 amide bonds. The lowest BCUT2D eigenvalue weighted by Crippen LogP contribution is -2.31. The van der Waals surface area contributed by atoms with E-state index in [1.165, 1.54) is 0 Å². The zero-order valence-electron chi connectivity index (χ0n) is 17.5. The number of rotatable bonds is 4. The van der Waals surface area contributed by atoms with Crippen LogP contribution in [0.2, 0.25) is 10.0 Å². The van der Waals surface area contributed by atoms with Gasteiger partial charge in [0.1, 0.15) is 17.5 Å². The first-order valence-electron chi connectivity index (χ1n) is 10.2. The monoisotopic (exact) mass is 470 g/mol. The number of carbonyl (C=O) groups excluding carboxylic acids is 1. The highest BCUT2D eigenvalue weighted by atomic mass is 35.5. The number of allylic oxidation sites excluding steroid dienone is 2. The molecule has 0 spiro atoms. The third kappa shape index (κ3) is 3.42. The standard InChI is InChI=1S/C23H20Cl2N4O3/c1-31-13-9-12(10-14(11-13)32-2)22-27-23-26-17-7-4-8-18(30)19(17)21(29(23)28-22)15-5-3-6-16(24)20(15)25/h3,5-6,9-11,21H,4,7-8H2,1-2H3,(H,26,27,28). The molecule has 1 N–H and O–H groups in total. The summed E-state index contributed by atoms with van der Waals surface area (Å²) in [5, 5.41) is 8.91. The zero-order chi connectivity index (χ0) is 22.4. The van der Waals surface area contributed by atoms with E-state index in [2.05, 4.69) is 5.32 Å². The lowest BCUT2D eigenvalue weighted by molar-refractivity contribution is -0.116. The van der Waals surface area contributed by atoms with E-state index in [0.717, 1.165) is 24.1 Å². The molecule has 3 aromatic rings. The Morgan fingerprint density at radius 3 is 2.56 bits per heavy atom. The van der Waals surface area contributed by atoms with Crippen molar-refractivity contribution in [2.75, 3.05) is 19.5 Å². The number of hydrogen-bond donors (Lipinski definition) is 1. The molecule has 9 heteroatoms. The number of fused-ring (bicyclic) bond motifs is 1. The summed E-state index contributed by atoms with van der Waals surface area (Å²) in [5.74, 6) is 2.34. The second-order valence-electron chi connectivity index (χ2n) is 7.64. The van der Waals surface area contributed by atoms with Crippen LogP contribution in [0.4, 0.5) is 5.95 Å². The van der Waals surface area contributed by atoms with Crippen LogP contribution >= 0.6 is 23.2 Å². The van der Waals surface area contributed by atoms with Crippen molar-refractivity contribution in [3.05, 3.63) is 63.3 Å². The number of carbonyl (C=O) groups is 1. The van der Waals surface area contributed by atoms with Crippen LogP contribution in [0.5, 0.6) is 11.5 Å². The number of nitrogens with zero attached hydrogens (tertiary/aromatic N) is 3. The summed E-state index contributed by atoms with van der Waals surface area (Å²) in [5.41, 5.74) is 2.96. The van der Waals surface area contributed by atoms with E-state index in [-0.39, 0.29) is 5.78 Å². The summed E-state index contributed by atoms with van der Waals surface area (Å²) in [7, 11) is 3.18. The van der Waals surface area contributed by atoms with Gasteiger partial charge in [-0.15, -0.1) is 5.10 Å². The minimum Gasteiger partial charge on any atom is -0.497 e. The molecule has 0 radical (unpaired) electrons. The van der Waals surface area contributed by atoms with Crippen molar-refractivity contribution >= 4 is 34.9 Å². The van der Waals surface area contributed by atoms with E-state index in [9.17, 15) is 4.79 Å². The number of Topliss-reactive ketones (excluding diaryl/α,β-unsaturated/α-hetero) is 1. The van der Waals surface area contributed by atoms with Gasteiger partial charge >= 0.3 is 0 Å². The van der Waals surface area contributed by atoms with Crippen LogP contribution < -0.4 is 14.8 Å². The third-order valence-corrected chi connectivity index (χ3v) is 6.59. The normalized spacial score (nSPS) is 17.5. The zero-order valence-corrected chi connectivity index (χ0v) is 19.0. The summed E-state index contributed by atoms with van der Waals surface area (Å²) in [6, 6.07) is 10.4. The molecule has 1 unspecified atom stereocenters. The number of anilines is 1. The van der Waals surface area contributed by atoms with Crippen LogP contribution in [-0.2, 0) is 4.79 Å².